The largest absolute Gasteiger partial charge is 0.481 e. The van der Waals surface area contributed by atoms with E-state index in [1.165, 1.54) is 0 Å². The number of aliphatic hydroxyl groups is 1. The third kappa shape index (κ3) is 6.45. The lowest BCUT2D eigenvalue weighted by molar-refractivity contribution is -0.137. The molecule has 5 heteroatoms. The van der Waals surface area contributed by atoms with Gasteiger partial charge in [-0.2, -0.15) is 0 Å². The van der Waals surface area contributed by atoms with E-state index in [-0.39, 0.29) is 6.42 Å². The van der Waals surface area contributed by atoms with Crippen LogP contribution >= 0.6 is 0 Å². The second-order valence-electron chi connectivity index (χ2n) is 5.78. The van der Waals surface area contributed by atoms with Crippen molar-refractivity contribution in [3.05, 3.63) is 29.8 Å². The van der Waals surface area contributed by atoms with Crippen molar-refractivity contribution in [3.8, 4) is 0 Å². The Labute approximate surface area is 133 Å². The van der Waals surface area contributed by atoms with Gasteiger partial charge in [-0.05, 0) is 37.1 Å². The molecule has 0 aliphatic carbocycles. The van der Waals surface area contributed by atoms with Crippen LogP contribution in [0.4, 0.5) is 5.69 Å². The average Bonchev–Trinajstić information content (AvgIpc) is 2.49. The zero-order chi connectivity index (χ0) is 16.5. The number of aliphatic hydroxyl groups excluding tert-OH is 1. The molecule has 5 nitrogen and oxygen atoms in total. The number of hydrogen-bond donors (Lipinski definition) is 2. The molecule has 0 aliphatic rings. The molecule has 22 heavy (non-hydrogen) atoms. The van der Waals surface area contributed by atoms with Crippen LogP contribution in [0.15, 0.2) is 24.3 Å². The Morgan fingerprint density at radius 2 is 1.77 bits per heavy atom. The summed E-state index contributed by atoms with van der Waals surface area (Å²) >= 11 is 0. The first-order chi connectivity index (χ1) is 10.4. The standard InChI is InChI=1S/C17H28N2O3/c1-4-11-19(13-10-17(21)22)12-9-16(20)14-5-7-15(8-6-14)18(2)3/h5-8,16,20H,4,9-13H2,1-3H3,(H,21,22). The molecule has 124 valence electrons. The SMILES string of the molecule is CCCN(CCC(=O)O)CCC(O)c1ccc(N(C)C)cc1. The quantitative estimate of drug-likeness (QED) is 0.695. The summed E-state index contributed by atoms with van der Waals surface area (Å²) in [5, 5.41) is 19.1. The van der Waals surface area contributed by atoms with Crippen molar-refractivity contribution in [2.75, 3.05) is 38.6 Å². The van der Waals surface area contributed by atoms with Crippen molar-refractivity contribution in [1.29, 1.82) is 0 Å². The van der Waals surface area contributed by atoms with E-state index < -0.39 is 12.1 Å². The van der Waals surface area contributed by atoms with E-state index in [2.05, 4.69) is 11.8 Å². The van der Waals surface area contributed by atoms with E-state index in [0.29, 0.717) is 19.5 Å². The maximum atomic E-state index is 10.7. The summed E-state index contributed by atoms with van der Waals surface area (Å²) in [4.78, 5) is 14.8. The number of carbonyl (C=O) groups is 1. The van der Waals surface area contributed by atoms with Crippen LogP contribution < -0.4 is 4.90 Å². The molecule has 1 rings (SSSR count). The number of anilines is 1. The molecule has 0 saturated carbocycles. The molecule has 0 heterocycles. The van der Waals surface area contributed by atoms with Gasteiger partial charge in [-0.1, -0.05) is 19.1 Å². The molecule has 1 aromatic rings. The Bertz CT molecular complexity index is 446. The zero-order valence-electron chi connectivity index (χ0n) is 13.8. The Balaban J connectivity index is 2.51. The molecule has 0 fully saturated rings. The molecule has 0 bridgehead atoms. The van der Waals surface area contributed by atoms with Gasteiger partial charge >= 0.3 is 5.97 Å². The van der Waals surface area contributed by atoms with Crippen LogP contribution in [0.25, 0.3) is 0 Å². The summed E-state index contributed by atoms with van der Waals surface area (Å²) in [6, 6.07) is 7.88. The highest BCUT2D eigenvalue weighted by Gasteiger charge is 2.12. The summed E-state index contributed by atoms with van der Waals surface area (Å²) < 4.78 is 0. The molecule has 0 aliphatic heterocycles. The highest BCUT2D eigenvalue weighted by atomic mass is 16.4. The van der Waals surface area contributed by atoms with Crippen LogP contribution in [-0.4, -0.2) is 54.8 Å². The van der Waals surface area contributed by atoms with Crippen LogP contribution in [0.2, 0.25) is 0 Å². The fraction of sp³-hybridized carbons (Fsp3) is 0.588. The maximum absolute atomic E-state index is 10.7. The van der Waals surface area contributed by atoms with Gasteiger partial charge in [-0.3, -0.25) is 4.79 Å². The van der Waals surface area contributed by atoms with E-state index in [0.717, 1.165) is 24.2 Å². The third-order valence-electron chi connectivity index (χ3n) is 3.69. The van der Waals surface area contributed by atoms with Crippen molar-refractivity contribution >= 4 is 11.7 Å². The monoisotopic (exact) mass is 308 g/mol. The lowest BCUT2D eigenvalue weighted by Gasteiger charge is -2.22. The maximum Gasteiger partial charge on any atom is 0.304 e. The molecule has 1 unspecified atom stereocenters. The highest BCUT2D eigenvalue weighted by Crippen LogP contribution is 2.20. The third-order valence-corrected chi connectivity index (χ3v) is 3.69. The Kier molecular flexibility index (Phi) is 7.91. The number of carboxylic acids is 1. The summed E-state index contributed by atoms with van der Waals surface area (Å²) in [7, 11) is 3.97. The second kappa shape index (κ2) is 9.43. The highest BCUT2D eigenvalue weighted by molar-refractivity contribution is 5.66. The molecule has 0 aromatic heterocycles. The molecular formula is C17H28N2O3. The Morgan fingerprint density at radius 3 is 2.27 bits per heavy atom. The first kappa shape index (κ1) is 18.5. The summed E-state index contributed by atoms with van der Waals surface area (Å²) in [6.45, 7) is 4.18. The predicted octanol–water partition coefficient (Wildman–Crippen LogP) is 2.36. The van der Waals surface area contributed by atoms with Crippen molar-refractivity contribution in [1.82, 2.24) is 4.90 Å². The number of benzene rings is 1. The molecule has 0 amide bonds. The van der Waals surface area contributed by atoms with Gasteiger partial charge in [0.25, 0.3) is 0 Å². The molecular weight excluding hydrogens is 280 g/mol. The Hall–Kier alpha value is -1.59. The lowest BCUT2D eigenvalue weighted by atomic mass is 10.1. The number of nitrogens with zero attached hydrogens (tertiary/aromatic N) is 2. The minimum absolute atomic E-state index is 0.146. The number of carboxylic acid groups (broad SMARTS) is 1. The van der Waals surface area contributed by atoms with E-state index >= 15 is 0 Å². The van der Waals surface area contributed by atoms with E-state index in [1.54, 1.807) is 0 Å². The summed E-state index contributed by atoms with van der Waals surface area (Å²) in [5.41, 5.74) is 2.00. The van der Waals surface area contributed by atoms with Crippen LogP contribution in [0.5, 0.6) is 0 Å². The Morgan fingerprint density at radius 1 is 1.14 bits per heavy atom. The number of hydrogen-bond acceptors (Lipinski definition) is 4. The first-order valence-corrected chi connectivity index (χ1v) is 7.83. The molecule has 0 saturated heterocycles. The zero-order valence-corrected chi connectivity index (χ0v) is 13.8. The average molecular weight is 308 g/mol. The fourth-order valence-electron chi connectivity index (χ4n) is 2.37. The second-order valence-corrected chi connectivity index (χ2v) is 5.78. The van der Waals surface area contributed by atoms with Gasteiger partial charge in [-0.15, -0.1) is 0 Å². The lowest BCUT2D eigenvalue weighted by Crippen LogP contribution is -2.29. The van der Waals surface area contributed by atoms with Gasteiger partial charge in [0.1, 0.15) is 0 Å². The molecule has 1 aromatic carbocycles. The molecule has 2 N–H and O–H groups in total. The van der Waals surface area contributed by atoms with Crippen LogP contribution in [0, 0.1) is 0 Å². The van der Waals surface area contributed by atoms with Crippen LogP contribution in [-0.2, 0) is 4.79 Å². The molecule has 0 radical (unpaired) electrons. The van der Waals surface area contributed by atoms with Crippen molar-refractivity contribution in [2.45, 2.75) is 32.3 Å². The van der Waals surface area contributed by atoms with Gasteiger partial charge in [0.2, 0.25) is 0 Å². The normalized spacial score (nSPS) is 12.4. The van der Waals surface area contributed by atoms with E-state index in [9.17, 15) is 9.90 Å². The fourth-order valence-corrected chi connectivity index (χ4v) is 2.37. The number of aliphatic carboxylic acids is 1. The van der Waals surface area contributed by atoms with Gasteiger partial charge in [0, 0.05) is 32.9 Å². The van der Waals surface area contributed by atoms with Crippen LogP contribution in [0.1, 0.15) is 37.9 Å². The summed E-state index contributed by atoms with van der Waals surface area (Å²) in [6.07, 6.45) is 1.22. The van der Waals surface area contributed by atoms with Gasteiger partial charge < -0.3 is 20.0 Å². The van der Waals surface area contributed by atoms with Gasteiger partial charge in [0.15, 0.2) is 0 Å². The minimum Gasteiger partial charge on any atom is -0.481 e. The summed E-state index contributed by atoms with van der Waals surface area (Å²) in [5.74, 6) is -0.777. The van der Waals surface area contributed by atoms with Crippen LogP contribution in [0.3, 0.4) is 0 Å². The van der Waals surface area contributed by atoms with E-state index in [4.69, 9.17) is 5.11 Å². The molecule has 1 atom stereocenters. The van der Waals surface area contributed by atoms with Gasteiger partial charge in [-0.25, -0.2) is 0 Å². The van der Waals surface area contributed by atoms with Crippen molar-refractivity contribution in [2.24, 2.45) is 0 Å². The minimum atomic E-state index is -0.777. The first-order valence-electron chi connectivity index (χ1n) is 7.83. The van der Waals surface area contributed by atoms with Gasteiger partial charge in [0.05, 0.1) is 12.5 Å². The smallest absolute Gasteiger partial charge is 0.304 e. The predicted molar refractivity (Wildman–Crippen MR) is 89.3 cm³/mol. The van der Waals surface area contributed by atoms with E-state index in [1.807, 2.05) is 43.3 Å². The molecule has 0 spiro atoms. The topological polar surface area (TPSA) is 64.0 Å². The van der Waals surface area contributed by atoms with Crippen molar-refractivity contribution < 1.29 is 15.0 Å². The number of rotatable bonds is 10. The van der Waals surface area contributed by atoms with Crippen molar-refractivity contribution in [3.63, 3.8) is 0 Å².